The Morgan fingerprint density at radius 3 is 2.59 bits per heavy atom. The molecule has 11 heteroatoms. The minimum absolute atomic E-state index is 0.221. The Balaban J connectivity index is 1.61. The fourth-order valence-corrected chi connectivity index (χ4v) is 5.76. The van der Waals surface area contributed by atoms with Gasteiger partial charge in [-0.15, -0.1) is 11.3 Å². The van der Waals surface area contributed by atoms with Crippen molar-refractivity contribution in [2.24, 2.45) is 5.92 Å². The number of rotatable bonds is 8. The van der Waals surface area contributed by atoms with Crippen LogP contribution in [0, 0.1) is 12.8 Å². The Morgan fingerprint density at radius 2 is 1.89 bits per heavy atom. The van der Waals surface area contributed by atoms with Crippen LogP contribution in [0.4, 0.5) is 17.5 Å². The minimum atomic E-state index is -1.68. The monoisotopic (exact) mass is 523 g/mol. The van der Waals surface area contributed by atoms with E-state index in [0.29, 0.717) is 45.7 Å². The molecule has 0 amide bonds. The van der Waals surface area contributed by atoms with Crippen LogP contribution in [0.15, 0.2) is 42.5 Å². The first-order valence-corrected chi connectivity index (χ1v) is 12.7. The summed E-state index contributed by atoms with van der Waals surface area (Å²) in [5, 5.41) is 38.7. The molecule has 2 aromatic heterocycles. The first kappa shape index (κ1) is 25.2. The van der Waals surface area contributed by atoms with Crippen molar-refractivity contribution in [2.45, 2.75) is 31.6 Å². The quantitative estimate of drug-likeness (QED) is 0.217. The number of hydrogen-bond donors (Lipinski definition) is 5. The van der Waals surface area contributed by atoms with Gasteiger partial charge in [-0.05, 0) is 44.0 Å². The Labute approximate surface area is 218 Å². The van der Waals surface area contributed by atoms with Crippen LogP contribution in [0.1, 0.15) is 18.5 Å². The number of aliphatic hydroxyl groups excluding tert-OH is 2. The number of aryl methyl sites for hydroxylation is 1. The maximum absolute atomic E-state index is 11.3. The number of para-hydroxylation sites is 2. The molecular weight excluding hydrogens is 494 g/mol. The lowest BCUT2D eigenvalue weighted by atomic mass is 10.0. The first-order chi connectivity index (χ1) is 17.9. The lowest BCUT2D eigenvalue weighted by Gasteiger charge is -2.31. The predicted octanol–water partition coefficient (Wildman–Crippen LogP) is 3.69. The lowest BCUT2D eigenvalue weighted by molar-refractivity contribution is -0.0545. The second kappa shape index (κ2) is 10.1. The van der Waals surface area contributed by atoms with Crippen molar-refractivity contribution in [1.82, 2.24) is 15.0 Å². The molecule has 0 aliphatic heterocycles. The van der Waals surface area contributed by atoms with E-state index in [9.17, 15) is 15.3 Å². The van der Waals surface area contributed by atoms with Crippen molar-refractivity contribution in [3.05, 3.63) is 48.2 Å². The molecule has 2 heterocycles. The number of fused-ring (bicyclic) bond motifs is 1. The van der Waals surface area contributed by atoms with E-state index in [4.69, 9.17) is 19.4 Å². The van der Waals surface area contributed by atoms with Gasteiger partial charge in [0.05, 0.1) is 41.4 Å². The predicted molar refractivity (Wildman–Crippen MR) is 143 cm³/mol. The van der Waals surface area contributed by atoms with E-state index in [1.54, 1.807) is 20.3 Å². The van der Waals surface area contributed by atoms with E-state index >= 15 is 0 Å². The molecule has 5 N–H and O–H groups in total. The highest BCUT2D eigenvalue weighted by atomic mass is 32.1. The summed E-state index contributed by atoms with van der Waals surface area (Å²) < 4.78 is 11.9. The summed E-state index contributed by atoms with van der Waals surface area (Å²) >= 11 is 1.49. The van der Waals surface area contributed by atoms with Crippen molar-refractivity contribution in [3.63, 3.8) is 0 Å². The second-order valence-corrected chi connectivity index (χ2v) is 10.0. The summed E-state index contributed by atoms with van der Waals surface area (Å²) in [6.07, 6.45) is -0.465. The average Bonchev–Trinajstić information content (AvgIpc) is 3.43. The molecule has 3 atom stereocenters. The highest BCUT2D eigenvalue weighted by molar-refractivity contribution is 7.21. The van der Waals surface area contributed by atoms with Crippen molar-refractivity contribution in [1.29, 1.82) is 0 Å². The standard InChI is InChI=1S/C26H29N5O5S/c1-14-20(24-28-16-7-4-5-10-19(16)37-24)23(31-26(34)12-11-15(13-32)22(26)33)30-25(27-14)29-17-8-6-9-18(35-2)21(17)36-3/h4-10,15,22,32-34H,11-13H2,1-3H3,(H2,27,29,30,31)/t15-,22-,26-/m1/s1. The molecule has 37 heavy (non-hydrogen) atoms. The van der Waals surface area contributed by atoms with Crippen LogP contribution < -0.4 is 20.1 Å². The molecule has 1 aliphatic rings. The van der Waals surface area contributed by atoms with Gasteiger partial charge in [0.2, 0.25) is 5.95 Å². The van der Waals surface area contributed by atoms with Crippen LogP contribution in [0.25, 0.3) is 20.8 Å². The molecular formula is C26H29N5O5S. The summed E-state index contributed by atoms with van der Waals surface area (Å²) in [5.74, 6) is 1.17. The number of aliphatic hydroxyl groups is 3. The molecule has 1 aliphatic carbocycles. The summed E-state index contributed by atoms with van der Waals surface area (Å²) in [5.41, 5.74) is 1.01. The molecule has 5 rings (SSSR count). The highest BCUT2D eigenvalue weighted by Gasteiger charge is 2.47. The van der Waals surface area contributed by atoms with Crippen molar-refractivity contribution >= 4 is 39.0 Å². The molecule has 0 unspecified atom stereocenters. The lowest BCUT2D eigenvalue weighted by Crippen LogP contribution is -2.48. The fraction of sp³-hybridized carbons (Fsp3) is 0.346. The van der Waals surface area contributed by atoms with E-state index in [1.807, 2.05) is 43.3 Å². The molecule has 1 saturated carbocycles. The number of anilines is 3. The van der Waals surface area contributed by atoms with Gasteiger partial charge in [-0.25, -0.2) is 9.97 Å². The molecule has 2 aromatic carbocycles. The fourth-order valence-electron chi connectivity index (χ4n) is 4.69. The van der Waals surface area contributed by atoms with Crippen LogP contribution in [0.3, 0.4) is 0 Å². The van der Waals surface area contributed by atoms with E-state index in [-0.39, 0.29) is 19.0 Å². The van der Waals surface area contributed by atoms with Crippen LogP contribution in [0.2, 0.25) is 0 Å². The van der Waals surface area contributed by atoms with E-state index in [0.717, 1.165) is 10.2 Å². The van der Waals surface area contributed by atoms with E-state index < -0.39 is 17.7 Å². The number of nitrogens with one attached hydrogen (secondary N) is 2. The van der Waals surface area contributed by atoms with Gasteiger partial charge in [-0.2, -0.15) is 4.98 Å². The van der Waals surface area contributed by atoms with E-state index in [1.165, 1.54) is 11.3 Å². The number of benzene rings is 2. The maximum Gasteiger partial charge on any atom is 0.229 e. The van der Waals surface area contributed by atoms with Gasteiger partial charge in [0, 0.05) is 12.5 Å². The number of methoxy groups -OCH3 is 2. The topological polar surface area (TPSA) is 142 Å². The number of aromatic nitrogens is 3. The molecule has 0 saturated heterocycles. The zero-order valence-corrected chi connectivity index (χ0v) is 21.5. The van der Waals surface area contributed by atoms with Crippen LogP contribution in [-0.4, -0.2) is 62.9 Å². The van der Waals surface area contributed by atoms with Crippen LogP contribution in [0.5, 0.6) is 11.5 Å². The van der Waals surface area contributed by atoms with Crippen LogP contribution >= 0.6 is 11.3 Å². The first-order valence-electron chi connectivity index (χ1n) is 11.9. The van der Waals surface area contributed by atoms with Crippen LogP contribution in [-0.2, 0) is 0 Å². The number of ether oxygens (including phenoxy) is 2. The van der Waals surface area contributed by atoms with Gasteiger partial charge in [0.15, 0.2) is 17.2 Å². The molecule has 4 aromatic rings. The summed E-state index contributed by atoms with van der Waals surface area (Å²) in [6.45, 7) is 1.62. The Kier molecular flexibility index (Phi) is 6.86. The Morgan fingerprint density at radius 1 is 1.08 bits per heavy atom. The number of thiazole rings is 1. The third-order valence-corrected chi connectivity index (χ3v) is 7.70. The van der Waals surface area contributed by atoms with Gasteiger partial charge < -0.3 is 35.4 Å². The smallest absolute Gasteiger partial charge is 0.229 e. The zero-order chi connectivity index (χ0) is 26.2. The van der Waals surface area contributed by atoms with Gasteiger partial charge in [-0.3, -0.25) is 0 Å². The third-order valence-electron chi connectivity index (χ3n) is 6.65. The second-order valence-electron chi connectivity index (χ2n) is 8.98. The highest BCUT2D eigenvalue weighted by Crippen LogP contribution is 2.42. The van der Waals surface area contributed by atoms with Crippen molar-refractivity contribution in [3.8, 4) is 22.1 Å². The average molecular weight is 524 g/mol. The number of nitrogens with zero attached hydrogens (tertiary/aromatic N) is 3. The molecule has 10 nitrogen and oxygen atoms in total. The SMILES string of the molecule is COc1cccc(Nc2nc(C)c(-c3nc4ccccc4s3)c(N[C@@]3(O)CC[C@H](CO)[C@H]3O)n2)c1OC. The maximum atomic E-state index is 11.3. The minimum Gasteiger partial charge on any atom is -0.493 e. The van der Waals surface area contributed by atoms with Gasteiger partial charge in [0.25, 0.3) is 0 Å². The Bertz CT molecular complexity index is 1400. The molecule has 0 bridgehead atoms. The van der Waals surface area contributed by atoms with E-state index in [2.05, 4.69) is 15.6 Å². The molecule has 194 valence electrons. The summed E-state index contributed by atoms with van der Waals surface area (Å²) in [7, 11) is 3.11. The van der Waals surface area contributed by atoms with Crippen molar-refractivity contribution in [2.75, 3.05) is 31.5 Å². The summed E-state index contributed by atoms with van der Waals surface area (Å²) in [4.78, 5) is 14.2. The van der Waals surface area contributed by atoms with Crippen molar-refractivity contribution < 1.29 is 24.8 Å². The zero-order valence-electron chi connectivity index (χ0n) is 20.7. The molecule has 0 radical (unpaired) electrons. The largest absolute Gasteiger partial charge is 0.493 e. The molecule has 0 spiro atoms. The summed E-state index contributed by atoms with van der Waals surface area (Å²) in [6, 6.07) is 13.2. The Hall–Kier alpha value is -3.51. The van der Waals surface area contributed by atoms with Gasteiger partial charge in [-0.1, -0.05) is 18.2 Å². The third kappa shape index (κ3) is 4.66. The normalized spacial score (nSPS) is 21.2. The number of hydrogen-bond acceptors (Lipinski definition) is 11. The van der Waals surface area contributed by atoms with Gasteiger partial charge in [0.1, 0.15) is 16.9 Å². The molecule has 1 fully saturated rings. The van der Waals surface area contributed by atoms with Gasteiger partial charge >= 0.3 is 0 Å².